The molecule has 0 amide bonds. The van der Waals surface area contributed by atoms with E-state index in [4.69, 9.17) is 23.4 Å². The number of methoxy groups -OCH3 is 1. The monoisotopic (exact) mass is 536 g/mol. The lowest BCUT2D eigenvalue weighted by Gasteiger charge is -2.62. The predicted molar refractivity (Wildman–Crippen MR) is 128 cm³/mol. The van der Waals surface area contributed by atoms with Crippen LogP contribution in [0.15, 0.2) is 34.7 Å². The molecule has 1 aromatic heterocycles. The normalized spacial score (nSPS) is 44.9. The van der Waals surface area contributed by atoms with Crippen molar-refractivity contribution in [2.45, 2.75) is 82.4 Å². The highest BCUT2D eigenvalue weighted by Gasteiger charge is 2.66. The van der Waals surface area contributed by atoms with Gasteiger partial charge in [-0.3, -0.25) is 4.79 Å². The van der Waals surface area contributed by atoms with E-state index < -0.39 is 72.2 Å². The molecule has 0 radical (unpaired) electrons. The molecule has 5 rings (SSSR count). The van der Waals surface area contributed by atoms with Gasteiger partial charge in [-0.25, -0.2) is 4.79 Å². The summed E-state index contributed by atoms with van der Waals surface area (Å²) in [5.41, 5.74) is -0.341. The SMILES string of the molecule is COC(=O)C1=CCC[C@H]2[C@]3(C)C[C@@H](c4ccoc4)OC(=O)[C@@H]3C[C@@H](O[C@H]3O[C@@H](CO)[C@H](O)[C@H](O)[C@H]3O)[C@]12C. The van der Waals surface area contributed by atoms with E-state index in [0.29, 0.717) is 24.8 Å². The third-order valence-corrected chi connectivity index (χ3v) is 9.45. The van der Waals surface area contributed by atoms with Crippen LogP contribution in [0.4, 0.5) is 0 Å². The molecule has 11 nitrogen and oxygen atoms in total. The Bertz CT molecular complexity index is 1070. The predicted octanol–water partition coefficient (Wildman–Crippen LogP) is 0.995. The molecule has 2 saturated heterocycles. The van der Waals surface area contributed by atoms with Crippen LogP contribution in [-0.4, -0.2) is 82.9 Å². The summed E-state index contributed by atoms with van der Waals surface area (Å²) in [7, 11) is 1.31. The van der Waals surface area contributed by atoms with Crippen LogP contribution in [0.1, 0.15) is 51.2 Å². The van der Waals surface area contributed by atoms with E-state index in [2.05, 4.69) is 6.92 Å². The Labute approximate surface area is 220 Å². The Morgan fingerprint density at radius 1 is 1.18 bits per heavy atom. The fraction of sp³-hybridized carbons (Fsp3) is 0.704. The van der Waals surface area contributed by atoms with Crippen molar-refractivity contribution in [3.05, 3.63) is 35.8 Å². The maximum absolute atomic E-state index is 13.5. The van der Waals surface area contributed by atoms with Gasteiger partial charge in [-0.05, 0) is 43.1 Å². The summed E-state index contributed by atoms with van der Waals surface area (Å²) in [5, 5.41) is 40.8. The molecule has 210 valence electrons. The standard InChI is InChI=1S/C27H36O11/c1-26-10-16(13-7-8-35-12-13)36-24(33)15(26)9-19(27(2)14(23(32)34-3)5-4-6-18(26)27)38-25-22(31)21(30)20(29)17(11-28)37-25/h5,7-8,12,15-22,25,28-31H,4,6,9-11H2,1-3H3/t15-,16-,17-,18-,19+,20-,21-,22+,25+,26+,27+/m0/s1. The fourth-order valence-corrected chi connectivity index (χ4v) is 7.39. The minimum atomic E-state index is -1.62. The van der Waals surface area contributed by atoms with Crippen molar-refractivity contribution in [2.24, 2.45) is 22.7 Å². The molecular formula is C27H36O11. The van der Waals surface area contributed by atoms with Gasteiger partial charge in [0.1, 0.15) is 30.5 Å². The van der Waals surface area contributed by atoms with Crippen LogP contribution >= 0.6 is 0 Å². The molecule has 4 aliphatic rings. The van der Waals surface area contributed by atoms with E-state index >= 15 is 0 Å². The van der Waals surface area contributed by atoms with Gasteiger partial charge in [-0.1, -0.05) is 19.9 Å². The first kappa shape index (κ1) is 27.3. The lowest BCUT2D eigenvalue weighted by Crippen LogP contribution is -2.65. The number of ether oxygens (including phenoxy) is 4. The van der Waals surface area contributed by atoms with Crippen molar-refractivity contribution in [1.29, 1.82) is 0 Å². The lowest BCUT2D eigenvalue weighted by molar-refractivity contribution is -0.329. The number of carbonyl (C=O) groups is 2. The minimum Gasteiger partial charge on any atom is -0.472 e. The Balaban J connectivity index is 1.54. The number of fused-ring (bicyclic) bond motifs is 3. The summed E-state index contributed by atoms with van der Waals surface area (Å²) in [5.74, 6) is -1.68. The second-order valence-electron chi connectivity index (χ2n) is 11.3. The summed E-state index contributed by atoms with van der Waals surface area (Å²) < 4.78 is 28.2. The molecular weight excluding hydrogens is 500 g/mol. The molecule has 4 N–H and O–H groups in total. The van der Waals surface area contributed by atoms with E-state index in [0.717, 1.165) is 5.56 Å². The van der Waals surface area contributed by atoms with Gasteiger partial charge in [0.15, 0.2) is 6.29 Å². The van der Waals surface area contributed by atoms with Crippen molar-refractivity contribution in [3.63, 3.8) is 0 Å². The molecule has 11 heteroatoms. The fourth-order valence-electron chi connectivity index (χ4n) is 7.39. The number of allylic oxidation sites excluding steroid dienone is 1. The largest absolute Gasteiger partial charge is 0.472 e. The molecule has 38 heavy (non-hydrogen) atoms. The number of carbonyl (C=O) groups excluding carboxylic acids is 2. The van der Waals surface area contributed by atoms with E-state index in [1.54, 1.807) is 12.3 Å². The van der Waals surface area contributed by atoms with Crippen molar-refractivity contribution in [2.75, 3.05) is 13.7 Å². The lowest BCUT2D eigenvalue weighted by atomic mass is 9.44. The molecule has 2 aliphatic carbocycles. The van der Waals surface area contributed by atoms with Crippen molar-refractivity contribution in [1.82, 2.24) is 0 Å². The number of esters is 2. The Morgan fingerprint density at radius 2 is 1.95 bits per heavy atom. The first-order chi connectivity index (χ1) is 18.1. The van der Waals surface area contributed by atoms with Gasteiger partial charge in [-0.2, -0.15) is 0 Å². The quantitative estimate of drug-likeness (QED) is 0.397. The molecule has 0 bridgehead atoms. The van der Waals surface area contributed by atoms with Gasteiger partial charge in [0, 0.05) is 16.6 Å². The first-order valence-electron chi connectivity index (χ1n) is 13.0. The molecule has 11 atom stereocenters. The molecule has 3 fully saturated rings. The minimum absolute atomic E-state index is 0.157. The number of aliphatic hydroxyl groups excluding tert-OH is 4. The van der Waals surface area contributed by atoms with Crippen LogP contribution in [0, 0.1) is 22.7 Å². The van der Waals surface area contributed by atoms with E-state index in [1.807, 2.05) is 13.0 Å². The summed E-state index contributed by atoms with van der Waals surface area (Å²) in [6, 6.07) is 1.77. The number of furan rings is 1. The summed E-state index contributed by atoms with van der Waals surface area (Å²) in [4.78, 5) is 26.5. The van der Waals surface area contributed by atoms with Crippen molar-refractivity contribution < 1.29 is 53.4 Å². The Hall–Kier alpha value is -2.28. The van der Waals surface area contributed by atoms with E-state index in [9.17, 15) is 30.0 Å². The highest BCUT2D eigenvalue weighted by molar-refractivity contribution is 5.90. The number of rotatable bonds is 5. The van der Waals surface area contributed by atoms with Crippen LogP contribution in [0.2, 0.25) is 0 Å². The van der Waals surface area contributed by atoms with Gasteiger partial charge >= 0.3 is 11.9 Å². The highest BCUT2D eigenvalue weighted by Crippen LogP contribution is 2.65. The van der Waals surface area contributed by atoms with Crippen LogP contribution in [-0.2, 0) is 28.5 Å². The Kier molecular flexibility index (Phi) is 7.21. The molecule has 1 aromatic rings. The number of hydrogen-bond donors (Lipinski definition) is 4. The maximum atomic E-state index is 13.5. The van der Waals surface area contributed by atoms with Crippen LogP contribution < -0.4 is 0 Å². The van der Waals surface area contributed by atoms with E-state index in [-0.39, 0.29) is 18.3 Å². The maximum Gasteiger partial charge on any atom is 0.334 e. The molecule has 2 aliphatic heterocycles. The van der Waals surface area contributed by atoms with Crippen LogP contribution in [0.3, 0.4) is 0 Å². The summed E-state index contributed by atoms with van der Waals surface area (Å²) in [6.07, 6.45) is -1.81. The zero-order chi connectivity index (χ0) is 27.4. The molecule has 0 aromatic carbocycles. The average Bonchev–Trinajstić information content (AvgIpc) is 3.44. The molecule has 0 unspecified atom stereocenters. The number of hydrogen-bond acceptors (Lipinski definition) is 11. The second-order valence-corrected chi connectivity index (χ2v) is 11.3. The zero-order valence-corrected chi connectivity index (χ0v) is 21.7. The summed E-state index contributed by atoms with van der Waals surface area (Å²) in [6.45, 7) is 3.35. The van der Waals surface area contributed by atoms with Crippen LogP contribution in [0.25, 0.3) is 0 Å². The first-order valence-corrected chi connectivity index (χ1v) is 13.0. The van der Waals surface area contributed by atoms with E-state index in [1.165, 1.54) is 13.4 Å². The van der Waals surface area contributed by atoms with Gasteiger partial charge in [-0.15, -0.1) is 0 Å². The van der Waals surface area contributed by atoms with Gasteiger partial charge < -0.3 is 43.8 Å². The average molecular weight is 537 g/mol. The Morgan fingerprint density at radius 3 is 2.61 bits per heavy atom. The van der Waals surface area contributed by atoms with Gasteiger partial charge in [0.05, 0.1) is 38.3 Å². The topological polar surface area (TPSA) is 165 Å². The third-order valence-electron chi connectivity index (χ3n) is 9.45. The van der Waals surface area contributed by atoms with Gasteiger partial charge in [0.25, 0.3) is 0 Å². The smallest absolute Gasteiger partial charge is 0.334 e. The van der Waals surface area contributed by atoms with Crippen molar-refractivity contribution in [3.8, 4) is 0 Å². The molecule has 3 heterocycles. The van der Waals surface area contributed by atoms with Crippen molar-refractivity contribution >= 4 is 11.9 Å². The third kappa shape index (κ3) is 4.11. The number of aliphatic hydroxyl groups is 4. The zero-order valence-electron chi connectivity index (χ0n) is 21.7. The molecule has 0 spiro atoms. The molecule has 1 saturated carbocycles. The number of cyclic esters (lactones) is 1. The second kappa shape index (κ2) is 10.0. The summed E-state index contributed by atoms with van der Waals surface area (Å²) >= 11 is 0. The highest BCUT2D eigenvalue weighted by atomic mass is 16.7. The van der Waals surface area contributed by atoms with Crippen LogP contribution in [0.5, 0.6) is 0 Å². The van der Waals surface area contributed by atoms with Gasteiger partial charge in [0.2, 0.25) is 0 Å².